The van der Waals surface area contributed by atoms with Crippen molar-refractivity contribution in [3.05, 3.63) is 30.9 Å². The van der Waals surface area contributed by atoms with E-state index in [-0.39, 0.29) is 19.1 Å². The number of aromatic nitrogens is 2. The third-order valence-corrected chi connectivity index (χ3v) is 2.52. The van der Waals surface area contributed by atoms with E-state index in [1.165, 1.54) is 11.0 Å². The summed E-state index contributed by atoms with van der Waals surface area (Å²) in [6.07, 6.45) is 5.40. The number of aliphatic carboxylic acids is 1. The van der Waals surface area contributed by atoms with Crippen molar-refractivity contribution in [2.24, 2.45) is 0 Å². The quantitative estimate of drug-likeness (QED) is 0.644. The van der Waals surface area contributed by atoms with E-state index in [1.54, 1.807) is 12.4 Å². The van der Waals surface area contributed by atoms with Gasteiger partial charge in [-0.05, 0) is 6.42 Å². The van der Waals surface area contributed by atoms with Gasteiger partial charge in [0.25, 0.3) is 0 Å². The van der Waals surface area contributed by atoms with E-state index in [0.29, 0.717) is 12.2 Å². The molecule has 1 unspecified atom stereocenters. The summed E-state index contributed by atoms with van der Waals surface area (Å²) in [5.41, 5.74) is 0. The lowest BCUT2D eigenvalue weighted by molar-refractivity contribution is -0.137. The van der Waals surface area contributed by atoms with Gasteiger partial charge in [0.15, 0.2) is 0 Å². The second-order valence-electron chi connectivity index (χ2n) is 3.95. The average molecular weight is 266 g/mol. The molecule has 104 valence electrons. The normalized spacial score (nSPS) is 11.6. The highest BCUT2D eigenvalue weighted by Crippen LogP contribution is 2.11. The van der Waals surface area contributed by atoms with Gasteiger partial charge in [-0.15, -0.1) is 6.58 Å². The van der Waals surface area contributed by atoms with Gasteiger partial charge in [-0.2, -0.15) is 0 Å². The van der Waals surface area contributed by atoms with Gasteiger partial charge in [0.05, 0.1) is 6.04 Å². The minimum atomic E-state index is -1.07. The lowest BCUT2D eigenvalue weighted by Gasteiger charge is -2.23. The maximum atomic E-state index is 12.0. The molecule has 0 aliphatic carbocycles. The van der Waals surface area contributed by atoms with Gasteiger partial charge in [-0.3, -0.25) is 4.79 Å². The van der Waals surface area contributed by atoms with Crippen molar-refractivity contribution in [3.8, 4) is 0 Å². The van der Waals surface area contributed by atoms with E-state index < -0.39 is 12.0 Å². The topological polar surface area (TPSA) is 98.3 Å². The Balaban J connectivity index is 2.68. The summed E-state index contributed by atoms with van der Waals surface area (Å²) in [5.74, 6) is -0.423. The van der Waals surface area contributed by atoms with Gasteiger partial charge in [-0.1, -0.05) is 13.0 Å². The zero-order valence-electron chi connectivity index (χ0n) is 10.8. The van der Waals surface area contributed by atoms with Crippen molar-refractivity contribution in [1.29, 1.82) is 0 Å². The van der Waals surface area contributed by atoms with Crippen molar-refractivity contribution in [2.45, 2.75) is 19.4 Å². The first kappa shape index (κ1) is 14.7. The summed E-state index contributed by atoms with van der Waals surface area (Å²) in [7, 11) is 0. The van der Waals surface area contributed by atoms with E-state index in [9.17, 15) is 9.59 Å². The number of nitrogens with one attached hydrogen (secondary N) is 2. The van der Waals surface area contributed by atoms with Crippen molar-refractivity contribution in [2.75, 3.05) is 13.1 Å². The molecule has 0 saturated heterocycles. The van der Waals surface area contributed by atoms with E-state index in [0.717, 1.165) is 0 Å². The minimum Gasteiger partial charge on any atom is -0.480 e. The second kappa shape index (κ2) is 7.20. The van der Waals surface area contributed by atoms with E-state index in [4.69, 9.17) is 5.11 Å². The van der Waals surface area contributed by atoms with Crippen LogP contribution >= 0.6 is 0 Å². The number of amides is 2. The number of carbonyl (C=O) groups excluding carboxylic acids is 1. The third kappa shape index (κ3) is 4.46. The summed E-state index contributed by atoms with van der Waals surface area (Å²) in [4.78, 5) is 30.9. The number of hydrogen-bond acceptors (Lipinski definition) is 3. The van der Waals surface area contributed by atoms with Crippen LogP contribution < -0.4 is 5.32 Å². The van der Waals surface area contributed by atoms with E-state index in [1.807, 2.05) is 6.92 Å². The number of hydrogen-bond donors (Lipinski definition) is 3. The number of imidazole rings is 1. The van der Waals surface area contributed by atoms with Crippen LogP contribution in [0.1, 0.15) is 25.2 Å². The number of urea groups is 1. The Morgan fingerprint density at radius 3 is 2.89 bits per heavy atom. The number of carboxylic acid groups (broad SMARTS) is 1. The van der Waals surface area contributed by atoms with E-state index in [2.05, 4.69) is 21.9 Å². The van der Waals surface area contributed by atoms with Gasteiger partial charge in [-0.25, -0.2) is 9.78 Å². The lowest BCUT2D eigenvalue weighted by atomic mass is 10.2. The number of H-pyrrole nitrogens is 1. The number of aromatic amines is 1. The van der Waals surface area contributed by atoms with Crippen molar-refractivity contribution >= 4 is 12.0 Å². The molecule has 0 aliphatic rings. The second-order valence-corrected chi connectivity index (χ2v) is 3.95. The molecule has 7 heteroatoms. The number of carboxylic acids is 1. The molecule has 1 aromatic rings. The van der Waals surface area contributed by atoms with Crippen molar-refractivity contribution in [3.63, 3.8) is 0 Å². The molecule has 0 bridgehead atoms. The molecule has 1 atom stereocenters. The largest absolute Gasteiger partial charge is 0.480 e. The fourth-order valence-electron chi connectivity index (χ4n) is 1.61. The van der Waals surface area contributed by atoms with Crippen LogP contribution in [0.2, 0.25) is 0 Å². The van der Waals surface area contributed by atoms with Gasteiger partial charge in [0.1, 0.15) is 12.4 Å². The zero-order valence-corrected chi connectivity index (χ0v) is 10.8. The highest BCUT2D eigenvalue weighted by Gasteiger charge is 2.20. The highest BCUT2D eigenvalue weighted by atomic mass is 16.4. The molecule has 0 spiro atoms. The lowest BCUT2D eigenvalue weighted by Crippen LogP contribution is -2.44. The predicted molar refractivity (Wildman–Crippen MR) is 69.6 cm³/mol. The minimum absolute atomic E-state index is 0.173. The summed E-state index contributed by atoms with van der Waals surface area (Å²) in [6, 6.07) is -0.728. The third-order valence-electron chi connectivity index (χ3n) is 2.52. The Bertz CT molecular complexity index is 430. The maximum absolute atomic E-state index is 12.0. The molecule has 1 heterocycles. The predicted octanol–water partition coefficient (Wildman–Crippen LogP) is 1.14. The Hall–Kier alpha value is -2.31. The zero-order chi connectivity index (χ0) is 14.3. The number of rotatable bonds is 7. The molecule has 0 radical (unpaired) electrons. The Labute approximate surface area is 111 Å². The first-order valence-corrected chi connectivity index (χ1v) is 5.95. The molecule has 0 aliphatic heterocycles. The van der Waals surface area contributed by atoms with Crippen LogP contribution in [0, 0.1) is 0 Å². The summed E-state index contributed by atoms with van der Waals surface area (Å²) >= 11 is 0. The number of carbonyl (C=O) groups is 2. The van der Waals surface area contributed by atoms with Crippen LogP contribution in [-0.4, -0.2) is 45.1 Å². The van der Waals surface area contributed by atoms with Crippen molar-refractivity contribution in [1.82, 2.24) is 20.2 Å². The molecule has 0 aromatic carbocycles. The molecule has 7 nitrogen and oxygen atoms in total. The Morgan fingerprint density at radius 2 is 2.42 bits per heavy atom. The molecule has 19 heavy (non-hydrogen) atoms. The molecular weight excluding hydrogens is 248 g/mol. The monoisotopic (exact) mass is 266 g/mol. The summed E-state index contributed by atoms with van der Waals surface area (Å²) in [5, 5.41) is 11.5. The van der Waals surface area contributed by atoms with Crippen molar-refractivity contribution < 1.29 is 14.7 Å². The Kier molecular flexibility index (Phi) is 5.59. The van der Waals surface area contributed by atoms with Gasteiger partial charge in [0, 0.05) is 18.9 Å². The molecular formula is C12H18N4O3. The van der Waals surface area contributed by atoms with Crippen LogP contribution in [0.4, 0.5) is 4.79 Å². The van der Waals surface area contributed by atoms with Crippen LogP contribution in [0.25, 0.3) is 0 Å². The van der Waals surface area contributed by atoms with Crippen LogP contribution in [0.5, 0.6) is 0 Å². The van der Waals surface area contributed by atoms with Gasteiger partial charge >= 0.3 is 12.0 Å². The molecule has 3 N–H and O–H groups in total. The first-order chi connectivity index (χ1) is 9.08. The van der Waals surface area contributed by atoms with Gasteiger partial charge in [0.2, 0.25) is 0 Å². The van der Waals surface area contributed by atoms with E-state index >= 15 is 0 Å². The molecule has 2 amide bonds. The van der Waals surface area contributed by atoms with Crippen LogP contribution in [0.15, 0.2) is 25.0 Å². The SMILES string of the molecule is C=CCN(CC(=O)O)C(=O)NC(CC)c1ncc[nH]1. The molecule has 0 saturated carbocycles. The Morgan fingerprint density at radius 1 is 1.68 bits per heavy atom. The number of nitrogens with zero attached hydrogens (tertiary/aromatic N) is 2. The van der Waals surface area contributed by atoms with Crippen LogP contribution in [-0.2, 0) is 4.79 Å². The maximum Gasteiger partial charge on any atom is 0.323 e. The van der Waals surface area contributed by atoms with Gasteiger partial charge < -0.3 is 20.3 Å². The first-order valence-electron chi connectivity index (χ1n) is 5.95. The fraction of sp³-hybridized carbons (Fsp3) is 0.417. The average Bonchev–Trinajstić information content (AvgIpc) is 2.88. The molecule has 1 rings (SSSR count). The molecule has 1 aromatic heterocycles. The van der Waals surface area contributed by atoms with Crippen LogP contribution in [0.3, 0.4) is 0 Å². The summed E-state index contributed by atoms with van der Waals surface area (Å²) in [6.45, 7) is 5.22. The highest BCUT2D eigenvalue weighted by molar-refractivity contribution is 5.80. The summed E-state index contributed by atoms with van der Waals surface area (Å²) < 4.78 is 0. The fourth-order valence-corrected chi connectivity index (χ4v) is 1.61. The smallest absolute Gasteiger partial charge is 0.323 e. The standard InChI is InChI=1S/C12H18N4O3/c1-3-7-16(8-10(17)18)12(19)15-9(4-2)11-13-5-6-14-11/h3,5-6,9H,1,4,7-8H2,2H3,(H,13,14)(H,15,19)(H,17,18). The molecule has 0 fully saturated rings.